The molecule has 1 amide bonds. The van der Waals surface area contributed by atoms with Crippen LogP contribution in [0.4, 0.5) is 10.1 Å². The molecule has 6 heteroatoms. The SMILES string of the molecule is Cc1ccc(-c2cc(C(=O)N3CCN(c4ccc(F)cc4)CC3)[nH]n2)c(C)c1. The predicted molar refractivity (Wildman–Crippen MR) is 108 cm³/mol. The van der Waals surface area contributed by atoms with Gasteiger partial charge in [0.05, 0.1) is 5.69 Å². The van der Waals surface area contributed by atoms with Crippen LogP contribution in [0, 0.1) is 19.7 Å². The van der Waals surface area contributed by atoms with Crippen molar-refractivity contribution in [3.63, 3.8) is 0 Å². The number of anilines is 1. The van der Waals surface area contributed by atoms with Gasteiger partial charge < -0.3 is 9.80 Å². The van der Waals surface area contributed by atoms with E-state index in [1.807, 2.05) is 30.0 Å². The first-order valence-corrected chi connectivity index (χ1v) is 9.44. The number of nitrogens with zero attached hydrogens (tertiary/aromatic N) is 3. The molecule has 0 aliphatic carbocycles. The highest BCUT2D eigenvalue weighted by Gasteiger charge is 2.24. The third kappa shape index (κ3) is 3.63. The average molecular weight is 378 g/mol. The summed E-state index contributed by atoms with van der Waals surface area (Å²) in [5.41, 5.74) is 5.63. The number of aryl methyl sites for hydroxylation is 2. The number of hydrogen-bond acceptors (Lipinski definition) is 3. The minimum atomic E-state index is -0.239. The zero-order chi connectivity index (χ0) is 19.7. The molecule has 3 aromatic rings. The highest BCUT2D eigenvalue weighted by molar-refractivity contribution is 5.93. The number of hydrogen-bond donors (Lipinski definition) is 1. The van der Waals surface area contributed by atoms with Gasteiger partial charge in [0.2, 0.25) is 0 Å². The highest BCUT2D eigenvalue weighted by atomic mass is 19.1. The lowest BCUT2D eigenvalue weighted by Crippen LogP contribution is -2.48. The first kappa shape index (κ1) is 18.2. The first-order valence-electron chi connectivity index (χ1n) is 9.44. The summed E-state index contributed by atoms with van der Waals surface area (Å²) < 4.78 is 13.1. The Morgan fingerprint density at radius 3 is 2.39 bits per heavy atom. The van der Waals surface area contributed by atoms with Crippen molar-refractivity contribution >= 4 is 11.6 Å². The lowest BCUT2D eigenvalue weighted by atomic mass is 10.0. The van der Waals surface area contributed by atoms with Crippen molar-refractivity contribution in [2.75, 3.05) is 31.1 Å². The van der Waals surface area contributed by atoms with E-state index in [2.05, 4.69) is 28.1 Å². The monoisotopic (exact) mass is 378 g/mol. The normalized spacial score (nSPS) is 14.4. The lowest BCUT2D eigenvalue weighted by Gasteiger charge is -2.35. The fourth-order valence-corrected chi connectivity index (χ4v) is 3.66. The molecule has 0 radical (unpaired) electrons. The van der Waals surface area contributed by atoms with Crippen molar-refractivity contribution in [3.8, 4) is 11.3 Å². The lowest BCUT2D eigenvalue weighted by molar-refractivity contribution is 0.0741. The number of H-pyrrole nitrogens is 1. The summed E-state index contributed by atoms with van der Waals surface area (Å²) in [4.78, 5) is 16.9. The van der Waals surface area contributed by atoms with Gasteiger partial charge in [-0.15, -0.1) is 0 Å². The molecule has 0 spiro atoms. The van der Waals surface area contributed by atoms with Gasteiger partial charge in [-0.3, -0.25) is 9.89 Å². The van der Waals surface area contributed by atoms with Gasteiger partial charge >= 0.3 is 0 Å². The number of nitrogens with one attached hydrogen (secondary N) is 1. The number of carbonyl (C=O) groups is 1. The van der Waals surface area contributed by atoms with E-state index in [1.165, 1.54) is 17.7 Å². The molecule has 0 saturated carbocycles. The van der Waals surface area contributed by atoms with Gasteiger partial charge in [0.25, 0.3) is 5.91 Å². The van der Waals surface area contributed by atoms with Gasteiger partial charge in [0.1, 0.15) is 11.5 Å². The summed E-state index contributed by atoms with van der Waals surface area (Å²) in [6, 6.07) is 14.5. The van der Waals surface area contributed by atoms with Crippen molar-refractivity contribution in [2.45, 2.75) is 13.8 Å². The van der Waals surface area contributed by atoms with Crippen LogP contribution < -0.4 is 4.90 Å². The number of halogens is 1. The van der Waals surface area contributed by atoms with Gasteiger partial charge in [0, 0.05) is 37.4 Å². The Kier molecular flexibility index (Phi) is 4.86. The maximum Gasteiger partial charge on any atom is 0.272 e. The van der Waals surface area contributed by atoms with Gasteiger partial charge in [-0.1, -0.05) is 23.8 Å². The maximum atomic E-state index is 13.1. The minimum Gasteiger partial charge on any atom is -0.368 e. The Hall–Kier alpha value is -3.15. The first-order chi connectivity index (χ1) is 13.5. The molecule has 5 nitrogen and oxygen atoms in total. The van der Waals surface area contributed by atoms with E-state index in [9.17, 15) is 9.18 Å². The third-order valence-electron chi connectivity index (χ3n) is 5.22. The van der Waals surface area contributed by atoms with E-state index in [-0.39, 0.29) is 11.7 Å². The molecule has 1 saturated heterocycles. The van der Waals surface area contributed by atoms with Gasteiger partial charge in [-0.25, -0.2) is 4.39 Å². The minimum absolute atomic E-state index is 0.0396. The van der Waals surface area contributed by atoms with Crippen LogP contribution in [0.2, 0.25) is 0 Å². The highest BCUT2D eigenvalue weighted by Crippen LogP contribution is 2.24. The molecule has 1 fully saturated rings. The Morgan fingerprint density at radius 1 is 1.00 bits per heavy atom. The predicted octanol–water partition coefficient (Wildman–Crippen LogP) is 3.80. The Labute approximate surface area is 163 Å². The summed E-state index contributed by atoms with van der Waals surface area (Å²) >= 11 is 0. The number of amides is 1. The van der Waals surface area contributed by atoms with Crippen molar-refractivity contribution in [2.24, 2.45) is 0 Å². The quantitative estimate of drug-likeness (QED) is 0.754. The molecule has 1 N–H and O–H groups in total. The summed E-state index contributed by atoms with van der Waals surface area (Å²) in [7, 11) is 0. The van der Waals surface area contributed by atoms with E-state index < -0.39 is 0 Å². The number of piperazine rings is 1. The zero-order valence-corrected chi connectivity index (χ0v) is 16.1. The number of aromatic nitrogens is 2. The van der Waals surface area contributed by atoms with E-state index in [4.69, 9.17) is 0 Å². The van der Waals surface area contributed by atoms with Gasteiger partial charge in [0.15, 0.2) is 0 Å². The molecule has 2 aromatic carbocycles. The summed E-state index contributed by atoms with van der Waals surface area (Å²) in [5, 5.41) is 7.24. The smallest absolute Gasteiger partial charge is 0.272 e. The van der Waals surface area contributed by atoms with Gasteiger partial charge in [-0.05, 0) is 49.7 Å². The van der Waals surface area contributed by atoms with Crippen LogP contribution in [0.1, 0.15) is 21.6 Å². The van der Waals surface area contributed by atoms with E-state index in [1.54, 1.807) is 12.1 Å². The van der Waals surface area contributed by atoms with E-state index in [0.717, 1.165) is 35.6 Å². The second-order valence-corrected chi connectivity index (χ2v) is 7.24. The number of rotatable bonds is 3. The standard InChI is InChI=1S/C22H23FN4O/c1-15-3-8-19(16(2)13-15)20-14-21(25-24-20)22(28)27-11-9-26(10-12-27)18-6-4-17(23)5-7-18/h3-8,13-14H,9-12H2,1-2H3,(H,24,25). The topological polar surface area (TPSA) is 52.2 Å². The Balaban J connectivity index is 1.43. The molecule has 144 valence electrons. The second kappa shape index (κ2) is 7.46. The molecule has 1 aliphatic heterocycles. The van der Waals surface area contributed by atoms with Crippen LogP contribution in [0.5, 0.6) is 0 Å². The Morgan fingerprint density at radius 2 is 1.71 bits per heavy atom. The van der Waals surface area contributed by atoms with Crippen LogP contribution in [0.3, 0.4) is 0 Å². The molecule has 28 heavy (non-hydrogen) atoms. The molecule has 1 aromatic heterocycles. The van der Waals surface area contributed by atoms with Crippen molar-refractivity contribution in [3.05, 3.63) is 71.2 Å². The fraction of sp³-hybridized carbons (Fsp3) is 0.273. The second-order valence-electron chi connectivity index (χ2n) is 7.24. The van der Waals surface area contributed by atoms with Crippen LogP contribution in [-0.4, -0.2) is 47.2 Å². The van der Waals surface area contributed by atoms with Crippen LogP contribution in [-0.2, 0) is 0 Å². The molecular formula is C22H23FN4O. The average Bonchev–Trinajstić information content (AvgIpc) is 3.18. The van der Waals surface area contributed by atoms with E-state index in [0.29, 0.717) is 18.8 Å². The molecule has 4 rings (SSSR count). The summed E-state index contributed by atoms with van der Waals surface area (Å²) in [6.07, 6.45) is 0. The molecular weight excluding hydrogens is 355 g/mol. The van der Waals surface area contributed by atoms with Crippen LogP contribution in [0.25, 0.3) is 11.3 Å². The molecule has 2 heterocycles. The third-order valence-corrected chi connectivity index (χ3v) is 5.22. The zero-order valence-electron chi connectivity index (χ0n) is 16.1. The number of benzene rings is 2. The molecule has 0 unspecified atom stereocenters. The number of carbonyl (C=O) groups excluding carboxylic acids is 1. The maximum absolute atomic E-state index is 13.1. The Bertz CT molecular complexity index is 988. The van der Waals surface area contributed by atoms with Crippen molar-refractivity contribution in [1.29, 1.82) is 0 Å². The summed E-state index contributed by atoms with van der Waals surface area (Å²) in [5.74, 6) is -0.279. The molecule has 1 aliphatic rings. The summed E-state index contributed by atoms with van der Waals surface area (Å²) in [6.45, 7) is 6.78. The van der Waals surface area contributed by atoms with E-state index >= 15 is 0 Å². The largest absolute Gasteiger partial charge is 0.368 e. The molecule has 0 bridgehead atoms. The van der Waals surface area contributed by atoms with Crippen LogP contribution in [0.15, 0.2) is 48.5 Å². The van der Waals surface area contributed by atoms with Gasteiger partial charge in [-0.2, -0.15) is 5.10 Å². The number of aromatic amines is 1. The molecule has 0 atom stereocenters. The van der Waals surface area contributed by atoms with Crippen molar-refractivity contribution in [1.82, 2.24) is 15.1 Å². The van der Waals surface area contributed by atoms with Crippen molar-refractivity contribution < 1.29 is 9.18 Å². The van der Waals surface area contributed by atoms with Crippen LogP contribution >= 0.6 is 0 Å². The fourth-order valence-electron chi connectivity index (χ4n) is 3.66.